The van der Waals surface area contributed by atoms with Gasteiger partial charge in [0.1, 0.15) is 0 Å². The Morgan fingerprint density at radius 1 is 1.44 bits per heavy atom. The number of hydrogen-bond donors (Lipinski definition) is 1. The van der Waals surface area contributed by atoms with Crippen molar-refractivity contribution in [3.05, 3.63) is 18.0 Å². The molecule has 1 unspecified atom stereocenters. The molecule has 1 aromatic heterocycles. The molecule has 18 heavy (non-hydrogen) atoms. The second-order valence-electron chi connectivity index (χ2n) is 4.81. The van der Waals surface area contributed by atoms with E-state index in [2.05, 4.69) is 4.98 Å². The van der Waals surface area contributed by atoms with Gasteiger partial charge in [-0.2, -0.15) is 4.31 Å². The fourth-order valence-electron chi connectivity index (χ4n) is 2.39. The minimum atomic E-state index is -3.38. The quantitative estimate of drug-likeness (QED) is 0.870. The maximum absolute atomic E-state index is 12.5. The monoisotopic (exact) mass is 290 g/mol. The molecule has 1 fully saturated rings. The standard InChI is InChI=1S/C12H19ClN2O2S/c1-10-5-3-2-4-6-15(10)18(16,17)12-7-11(8-13)14-9-12/h7,9-10,14H,2-6,8H2,1H3. The van der Waals surface area contributed by atoms with Gasteiger partial charge in [0, 0.05) is 24.5 Å². The van der Waals surface area contributed by atoms with E-state index in [0.29, 0.717) is 17.3 Å². The largest absolute Gasteiger partial charge is 0.363 e. The second kappa shape index (κ2) is 5.63. The number of aromatic amines is 1. The van der Waals surface area contributed by atoms with E-state index in [1.54, 1.807) is 10.4 Å². The van der Waals surface area contributed by atoms with Gasteiger partial charge in [0.25, 0.3) is 0 Å². The number of nitrogens with one attached hydrogen (secondary N) is 1. The minimum absolute atomic E-state index is 0.0758. The molecule has 1 N–H and O–H groups in total. The molecule has 0 aromatic carbocycles. The highest BCUT2D eigenvalue weighted by atomic mass is 35.5. The topological polar surface area (TPSA) is 53.2 Å². The third kappa shape index (κ3) is 2.73. The molecular formula is C12H19ClN2O2S. The van der Waals surface area contributed by atoms with Gasteiger partial charge in [-0.15, -0.1) is 11.6 Å². The predicted octanol–water partition coefficient (Wildman–Crippen LogP) is 2.71. The molecule has 4 nitrogen and oxygen atoms in total. The van der Waals surface area contributed by atoms with E-state index >= 15 is 0 Å². The molecular weight excluding hydrogens is 272 g/mol. The summed E-state index contributed by atoms with van der Waals surface area (Å²) in [4.78, 5) is 3.22. The van der Waals surface area contributed by atoms with Crippen LogP contribution >= 0.6 is 11.6 Å². The number of aromatic nitrogens is 1. The van der Waals surface area contributed by atoms with Crippen molar-refractivity contribution in [3.63, 3.8) is 0 Å². The molecule has 1 aliphatic heterocycles. The summed E-state index contributed by atoms with van der Waals surface area (Å²) in [6.45, 7) is 2.60. The Hall–Kier alpha value is -0.520. The van der Waals surface area contributed by atoms with Gasteiger partial charge in [-0.1, -0.05) is 12.8 Å². The summed E-state index contributed by atoms with van der Waals surface area (Å²) in [5.41, 5.74) is 0.734. The first-order valence-electron chi connectivity index (χ1n) is 6.31. The number of halogens is 1. The highest BCUT2D eigenvalue weighted by Gasteiger charge is 2.30. The van der Waals surface area contributed by atoms with Gasteiger partial charge in [0.2, 0.25) is 10.0 Å². The Labute approximate surface area is 113 Å². The molecule has 0 radical (unpaired) electrons. The van der Waals surface area contributed by atoms with E-state index in [1.165, 1.54) is 6.20 Å². The van der Waals surface area contributed by atoms with Crippen LogP contribution in [0.5, 0.6) is 0 Å². The van der Waals surface area contributed by atoms with Crippen LogP contribution in [0.3, 0.4) is 0 Å². The number of H-pyrrole nitrogens is 1. The lowest BCUT2D eigenvalue weighted by Crippen LogP contribution is -2.38. The summed E-state index contributed by atoms with van der Waals surface area (Å²) in [5.74, 6) is 0.297. The van der Waals surface area contributed by atoms with E-state index < -0.39 is 10.0 Å². The molecule has 2 heterocycles. The minimum Gasteiger partial charge on any atom is -0.363 e. The van der Waals surface area contributed by atoms with Crippen molar-refractivity contribution in [2.75, 3.05) is 6.54 Å². The highest BCUT2D eigenvalue weighted by molar-refractivity contribution is 7.89. The molecule has 0 saturated carbocycles. The summed E-state index contributed by atoms with van der Waals surface area (Å²) < 4.78 is 26.7. The molecule has 1 saturated heterocycles. The summed E-state index contributed by atoms with van der Waals surface area (Å²) in [5, 5.41) is 0. The van der Waals surface area contributed by atoms with Crippen molar-refractivity contribution in [3.8, 4) is 0 Å². The maximum Gasteiger partial charge on any atom is 0.244 e. The Bertz CT molecular complexity index is 498. The van der Waals surface area contributed by atoms with Gasteiger partial charge >= 0.3 is 0 Å². The predicted molar refractivity (Wildman–Crippen MR) is 72.2 cm³/mol. The zero-order valence-corrected chi connectivity index (χ0v) is 12.1. The van der Waals surface area contributed by atoms with Crippen LogP contribution in [-0.4, -0.2) is 30.3 Å². The molecule has 0 aliphatic carbocycles. The smallest absolute Gasteiger partial charge is 0.244 e. The van der Waals surface area contributed by atoms with Crippen molar-refractivity contribution in [2.45, 2.75) is 49.4 Å². The van der Waals surface area contributed by atoms with Crippen LogP contribution < -0.4 is 0 Å². The fraction of sp³-hybridized carbons (Fsp3) is 0.667. The average Bonchev–Trinajstić information content (AvgIpc) is 2.72. The molecule has 1 aromatic rings. The number of nitrogens with zero attached hydrogens (tertiary/aromatic N) is 1. The van der Waals surface area contributed by atoms with Crippen molar-refractivity contribution in [1.82, 2.24) is 9.29 Å². The summed E-state index contributed by atoms with van der Waals surface area (Å²) in [6.07, 6.45) is 5.62. The van der Waals surface area contributed by atoms with Crippen LogP contribution in [0.2, 0.25) is 0 Å². The SMILES string of the molecule is CC1CCCCCN1S(=O)(=O)c1c[nH]c(CCl)c1. The Morgan fingerprint density at radius 3 is 2.89 bits per heavy atom. The fourth-order valence-corrected chi connectivity index (χ4v) is 4.26. The van der Waals surface area contributed by atoms with Gasteiger partial charge in [-0.3, -0.25) is 0 Å². The highest BCUT2D eigenvalue weighted by Crippen LogP contribution is 2.25. The summed E-state index contributed by atoms with van der Waals surface area (Å²) in [7, 11) is -3.38. The maximum atomic E-state index is 12.5. The van der Waals surface area contributed by atoms with Crippen LogP contribution in [0, 0.1) is 0 Å². The van der Waals surface area contributed by atoms with Crippen LogP contribution in [0.4, 0.5) is 0 Å². The number of hydrogen-bond acceptors (Lipinski definition) is 2. The lowest BCUT2D eigenvalue weighted by Gasteiger charge is -2.25. The van der Waals surface area contributed by atoms with Crippen LogP contribution in [-0.2, 0) is 15.9 Å². The van der Waals surface area contributed by atoms with Crippen molar-refractivity contribution in [2.24, 2.45) is 0 Å². The van der Waals surface area contributed by atoms with Crippen molar-refractivity contribution in [1.29, 1.82) is 0 Å². The van der Waals surface area contributed by atoms with Gasteiger partial charge in [0.15, 0.2) is 0 Å². The van der Waals surface area contributed by atoms with E-state index in [1.807, 2.05) is 6.92 Å². The molecule has 6 heteroatoms. The van der Waals surface area contributed by atoms with E-state index in [4.69, 9.17) is 11.6 Å². The van der Waals surface area contributed by atoms with E-state index in [0.717, 1.165) is 31.4 Å². The molecule has 0 spiro atoms. The Morgan fingerprint density at radius 2 is 2.22 bits per heavy atom. The number of alkyl halides is 1. The lowest BCUT2D eigenvalue weighted by molar-refractivity contribution is 0.342. The van der Waals surface area contributed by atoms with Crippen LogP contribution in [0.15, 0.2) is 17.2 Å². The number of sulfonamides is 1. The van der Waals surface area contributed by atoms with Crippen LogP contribution in [0.1, 0.15) is 38.3 Å². The zero-order valence-electron chi connectivity index (χ0n) is 10.5. The van der Waals surface area contributed by atoms with Crippen molar-refractivity contribution >= 4 is 21.6 Å². The first-order chi connectivity index (χ1) is 8.55. The lowest BCUT2D eigenvalue weighted by atomic mass is 10.1. The normalized spacial score (nSPS) is 22.9. The average molecular weight is 291 g/mol. The van der Waals surface area contributed by atoms with Gasteiger partial charge in [-0.05, 0) is 25.8 Å². The first kappa shape index (κ1) is 13.9. The molecule has 0 bridgehead atoms. The van der Waals surface area contributed by atoms with E-state index in [9.17, 15) is 8.42 Å². The zero-order chi connectivity index (χ0) is 13.2. The number of rotatable bonds is 3. The molecule has 1 atom stereocenters. The molecule has 2 rings (SSSR count). The Balaban J connectivity index is 2.28. The van der Waals surface area contributed by atoms with Gasteiger partial charge in [-0.25, -0.2) is 8.42 Å². The molecule has 102 valence electrons. The second-order valence-corrected chi connectivity index (χ2v) is 6.97. The van der Waals surface area contributed by atoms with Gasteiger partial charge in [0.05, 0.1) is 10.8 Å². The van der Waals surface area contributed by atoms with Gasteiger partial charge < -0.3 is 4.98 Å². The Kier molecular flexibility index (Phi) is 4.35. The molecule has 1 aliphatic rings. The summed E-state index contributed by atoms with van der Waals surface area (Å²) in [6, 6.07) is 1.70. The summed E-state index contributed by atoms with van der Waals surface area (Å²) >= 11 is 5.69. The van der Waals surface area contributed by atoms with Crippen LogP contribution in [0.25, 0.3) is 0 Å². The van der Waals surface area contributed by atoms with E-state index in [-0.39, 0.29) is 6.04 Å². The molecule has 0 amide bonds. The third-order valence-electron chi connectivity index (χ3n) is 3.46. The van der Waals surface area contributed by atoms with Crippen molar-refractivity contribution < 1.29 is 8.42 Å². The third-order valence-corrected chi connectivity index (χ3v) is 5.74. The first-order valence-corrected chi connectivity index (χ1v) is 8.28.